The molecule has 14 heteroatoms. The van der Waals surface area contributed by atoms with Crippen LogP contribution < -0.4 is 14.4 Å². The normalized spacial score (nSPS) is 11.9. The lowest BCUT2D eigenvalue weighted by molar-refractivity contribution is -0.385. The summed E-state index contributed by atoms with van der Waals surface area (Å²) in [5.74, 6) is -0.612. The van der Waals surface area contributed by atoms with Gasteiger partial charge in [0, 0.05) is 41.2 Å². The fourth-order valence-electron chi connectivity index (χ4n) is 5.16. The average molecular weight is 742 g/mol. The number of carbonyl (C=O) groups is 2. The molecule has 0 aliphatic rings. The second-order valence-corrected chi connectivity index (χ2v) is 14.7. The molecule has 11 nitrogen and oxygen atoms in total. The lowest BCUT2D eigenvalue weighted by atomic mass is 10.0. The highest BCUT2D eigenvalue weighted by atomic mass is 35.5. The molecule has 4 rings (SSSR count). The number of rotatable bonds is 15. The number of benzene rings is 4. The minimum Gasteiger partial charge on any atom is -0.497 e. The molecule has 4 aromatic carbocycles. The van der Waals surface area contributed by atoms with Crippen LogP contribution in [-0.4, -0.2) is 56.3 Å². The number of halogens is 2. The zero-order chi connectivity index (χ0) is 36.6. The third kappa shape index (κ3) is 9.52. The van der Waals surface area contributed by atoms with E-state index in [2.05, 4.69) is 5.32 Å². The Hall–Kier alpha value is -4.65. The Morgan fingerprint density at radius 3 is 2.24 bits per heavy atom. The van der Waals surface area contributed by atoms with Crippen molar-refractivity contribution >= 4 is 56.4 Å². The average Bonchev–Trinajstić information content (AvgIpc) is 3.08. The quantitative estimate of drug-likeness (QED) is 0.104. The third-order valence-corrected chi connectivity index (χ3v) is 10.3. The van der Waals surface area contributed by atoms with E-state index in [9.17, 15) is 28.1 Å². The van der Waals surface area contributed by atoms with E-state index in [0.29, 0.717) is 22.9 Å². The predicted octanol–water partition coefficient (Wildman–Crippen LogP) is 6.83. The number of nitrogens with zero attached hydrogens (tertiary/aromatic N) is 3. The fourth-order valence-corrected chi connectivity index (χ4v) is 7.06. The van der Waals surface area contributed by atoms with Crippen LogP contribution in [0.3, 0.4) is 0 Å². The number of nitro benzene ring substituents is 1. The molecule has 0 aromatic heterocycles. The lowest BCUT2D eigenvalue weighted by Crippen LogP contribution is -2.53. The molecule has 0 fully saturated rings. The molecule has 0 aliphatic carbocycles. The molecular formula is C36H38Cl2N4O7S. The van der Waals surface area contributed by atoms with Gasteiger partial charge in [-0.2, -0.15) is 0 Å². The molecule has 0 saturated heterocycles. The van der Waals surface area contributed by atoms with Crippen molar-refractivity contribution in [1.29, 1.82) is 0 Å². The summed E-state index contributed by atoms with van der Waals surface area (Å²) < 4.78 is 34.8. The molecule has 0 radical (unpaired) electrons. The first kappa shape index (κ1) is 38.2. The Balaban J connectivity index is 1.86. The second kappa shape index (κ2) is 16.8. The summed E-state index contributed by atoms with van der Waals surface area (Å²) in [4.78, 5) is 40.6. The van der Waals surface area contributed by atoms with Crippen LogP contribution in [0, 0.1) is 23.0 Å². The Kier molecular flexibility index (Phi) is 12.9. The van der Waals surface area contributed by atoms with Crippen molar-refractivity contribution in [2.24, 2.45) is 5.92 Å². The van der Waals surface area contributed by atoms with E-state index in [0.717, 1.165) is 15.9 Å². The molecule has 0 saturated carbocycles. The van der Waals surface area contributed by atoms with E-state index in [1.54, 1.807) is 12.1 Å². The van der Waals surface area contributed by atoms with Gasteiger partial charge >= 0.3 is 0 Å². The summed E-state index contributed by atoms with van der Waals surface area (Å²) in [7, 11) is -3.14. The maximum atomic E-state index is 14.7. The van der Waals surface area contributed by atoms with Crippen LogP contribution in [-0.2, 0) is 32.6 Å². The highest BCUT2D eigenvalue weighted by Gasteiger charge is 2.35. The molecule has 1 atom stereocenters. The first-order valence-corrected chi connectivity index (χ1v) is 17.9. The number of nitro groups is 1. The monoisotopic (exact) mass is 740 g/mol. The minimum absolute atomic E-state index is 0.0933. The number of aryl methyl sites for hydroxylation is 1. The molecule has 1 N–H and O–H groups in total. The third-order valence-electron chi connectivity index (χ3n) is 7.92. The maximum Gasteiger partial charge on any atom is 0.273 e. The van der Waals surface area contributed by atoms with Gasteiger partial charge in [0.05, 0.1) is 22.6 Å². The zero-order valence-corrected chi connectivity index (χ0v) is 30.3. The van der Waals surface area contributed by atoms with E-state index in [4.69, 9.17) is 27.9 Å². The maximum absolute atomic E-state index is 14.7. The summed E-state index contributed by atoms with van der Waals surface area (Å²) >= 11 is 12.7. The van der Waals surface area contributed by atoms with Gasteiger partial charge in [0.15, 0.2) is 0 Å². The number of carbonyl (C=O) groups excluding carboxylic acids is 2. The molecule has 0 aliphatic heterocycles. The number of methoxy groups -OCH3 is 1. The van der Waals surface area contributed by atoms with Crippen LogP contribution in [0.25, 0.3) is 0 Å². The number of amides is 2. The molecule has 0 spiro atoms. The summed E-state index contributed by atoms with van der Waals surface area (Å²) in [6.45, 7) is 4.80. The van der Waals surface area contributed by atoms with Crippen LogP contribution >= 0.6 is 23.2 Å². The van der Waals surface area contributed by atoms with Crippen molar-refractivity contribution in [1.82, 2.24) is 10.2 Å². The zero-order valence-electron chi connectivity index (χ0n) is 28.0. The van der Waals surface area contributed by atoms with Gasteiger partial charge in [0.1, 0.15) is 18.3 Å². The molecule has 0 unspecified atom stereocenters. The summed E-state index contributed by atoms with van der Waals surface area (Å²) in [6, 6.07) is 22.4. The van der Waals surface area contributed by atoms with Crippen molar-refractivity contribution < 1.29 is 27.7 Å². The van der Waals surface area contributed by atoms with Crippen molar-refractivity contribution in [2.75, 3.05) is 24.5 Å². The van der Waals surface area contributed by atoms with Gasteiger partial charge < -0.3 is 15.0 Å². The van der Waals surface area contributed by atoms with Gasteiger partial charge in [-0.3, -0.25) is 24.0 Å². The van der Waals surface area contributed by atoms with Gasteiger partial charge in [0.25, 0.3) is 15.7 Å². The first-order chi connectivity index (χ1) is 23.7. The number of sulfonamides is 1. The highest BCUT2D eigenvalue weighted by molar-refractivity contribution is 7.92. The van der Waals surface area contributed by atoms with Gasteiger partial charge in [-0.15, -0.1) is 0 Å². The largest absolute Gasteiger partial charge is 0.497 e. The van der Waals surface area contributed by atoms with E-state index >= 15 is 0 Å². The number of hydrogen-bond donors (Lipinski definition) is 1. The lowest BCUT2D eigenvalue weighted by Gasteiger charge is -2.34. The smallest absolute Gasteiger partial charge is 0.273 e. The van der Waals surface area contributed by atoms with Crippen molar-refractivity contribution in [3.8, 4) is 5.75 Å². The van der Waals surface area contributed by atoms with Crippen molar-refractivity contribution in [3.63, 3.8) is 0 Å². The molecule has 2 amide bonds. The van der Waals surface area contributed by atoms with Gasteiger partial charge in [-0.1, -0.05) is 79.5 Å². The Bertz CT molecular complexity index is 1940. The molecule has 50 heavy (non-hydrogen) atoms. The standard InChI is InChI=1S/C36H38Cl2N4O7S/c1-24(2)21-39-36(44)34(18-26-8-6-5-7-9-26)40(22-27-11-12-28(37)19-32(27)38)35(43)23-41(29-13-15-30(49-4)16-14-29)50(47,48)31-17-10-25(3)33(20-31)42(45)46/h5-17,19-20,24,34H,18,21-23H2,1-4H3,(H,39,44)/t34-/m1/s1. The highest BCUT2D eigenvalue weighted by Crippen LogP contribution is 2.30. The summed E-state index contributed by atoms with van der Waals surface area (Å²) in [6.07, 6.45) is 0.112. The number of hydrogen-bond acceptors (Lipinski definition) is 7. The number of anilines is 1. The van der Waals surface area contributed by atoms with Gasteiger partial charge in [-0.05, 0) is 66.4 Å². The molecule has 0 bridgehead atoms. The van der Waals surface area contributed by atoms with Crippen LogP contribution in [0.15, 0.2) is 95.9 Å². The number of nitrogens with one attached hydrogen (secondary N) is 1. The predicted molar refractivity (Wildman–Crippen MR) is 194 cm³/mol. The minimum atomic E-state index is -4.59. The summed E-state index contributed by atoms with van der Waals surface area (Å²) in [5, 5.41) is 15.3. The van der Waals surface area contributed by atoms with E-state index < -0.39 is 45.0 Å². The van der Waals surface area contributed by atoms with E-state index in [1.807, 2.05) is 44.2 Å². The van der Waals surface area contributed by atoms with E-state index in [-0.39, 0.29) is 40.1 Å². The number of ether oxygens (including phenoxy) is 1. The molecule has 0 heterocycles. The van der Waals surface area contributed by atoms with Crippen LogP contribution in [0.1, 0.15) is 30.5 Å². The SMILES string of the molecule is COc1ccc(N(CC(=O)N(Cc2ccc(Cl)cc2Cl)[C@H](Cc2ccccc2)C(=O)NCC(C)C)S(=O)(=O)c2ccc(C)c([N+](=O)[O-])c2)cc1. The van der Waals surface area contributed by atoms with Crippen LogP contribution in [0.2, 0.25) is 10.0 Å². The van der Waals surface area contributed by atoms with E-state index in [1.165, 1.54) is 61.4 Å². The molecule has 264 valence electrons. The summed E-state index contributed by atoms with van der Waals surface area (Å²) in [5.41, 5.74) is 1.21. The van der Waals surface area contributed by atoms with Gasteiger partial charge in [0.2, 0.25) is 11.8 Å². The topological polar surface area (TPSA) is 139 Å². The van der Waals surface area contributed by atoms with Crippen LogP contribution in [0.5, 0.6) is 5.75 Å². The van der Waals surface area contributed by atoms with Crippen LogP contribution in [0.4, 0.5) is 11.4 Å². The Labute approximate surface area is 302 Å². The van der Waals surface area contributed by atoms with Crippen molar-refractivity contribution in [2.45, 2.75) is 44.7 Å². The molecular weight excluding hydrogens is 703 g/mol. The van der Waals surface area contributed by atoms with Crippen molar-refractivity contribution in [3.05, 3.63) is 128 Å². The fraction of sp³-hybridized carbons (Fsp3) is 0.278. The molecule has 4 aromatic rings. The Morgan fingerprint density at radius 2 is 1.64 bits per heavy atom. The first-order valence-electron chi connectivity index (χ1n) is 15.7. The Morgan fingerprint density at radius 1 is 0.960 bits per heavy atom. The van der Waals surface area contributed by atoms with Gasteiger partial charge in [-0.25, -0.2) is 8.42 Å². The second-order valence-electron chi connectivity index (χ2n) is 12.0.